The van der Waals surface area contributed by atoms with E-state index in [0.717, 1.165) is 16.0 Å². The Labute approximate surface area is 185 Å². The van der Waals surface area contributed by atoms with Gasteiger partial charge in [0.2, 0.25) is 9.84 Å². The Morgan fingerprint density at radius 2 is 1.84 bits per heavy atom. The summed E-state index contributed by atoms with van der Waals surface area (Å²) in [6, 6.07) is 22.1. The molecule has 0 spiro atoms. The van der Waals surface area contributed by atoms with Crippen LogP contribution in [0.2, 0.25) is 0 Å². The quantitative estimate of drug-likeness (QED) is 0.377. The summed E-state index contributed by atoms with van der Waals surface area (Å²) < 4.78 is 27.9. The Morgan fingerprint density at radius 3 is 2.48 bits per heavy atom. The van der Waals surface area contributed by atoms with Gasteiger partial charge >= 0.3 is 0 Å². The Balaban J connectivity index is 1.79. The monoisotopic (exact) mass is 445 g/mol. The first kappa shape index (κ1) is 20.8. The van der Waals surface area contributed by atoms with Gasteiger partial charge in [-0.1, -0.05) is 54.1 Å². The number of nitriles is 1. The highest BCUT2D eigenvalue weighted by atomic mass is 32.2. The highest BCUT2D eigenvalue weighted by Gasteiger charge is 2.22. The van der Waals surface area contributed by atoms with Crippen LogP contribution in [0.25, 0.3) is 16.6 Å². The number of allylic oxidation sites excluding steroid dienone is 1. The molecule has 0 aliphatic rings. The van der Waals surface area contributed by atoms with Gasteiger partial charge in [-0.3, -0.25) is 4.68 Å². The first-order valence-corrected chi connectivity index (χ1v) is 11.9. The lowest BCUT2D eigenvalue weighted by atomic mass is 10.2. The van der Waals surface area contributed by atoms with Crippen LogP contribution >= 0.6 is 11.3 Å². The van der Waals surface area contributed by atoms with E-state index in [1.807, 2.05) is 60.8 Å². The largest absolute Gasteiger partial charge is 0.267 e. The van der Waals surface area contributed by atoms with E-state index < -0.39 is 9.84 Å². The molecule has 0 amide bonds. The lowest BCUT2D eigenvalue weighted by Crippen LogP contribution is -2.03. The highest BCUT2D eigenvalue weighted by molar-refractivity contribution is 7.95. The van der Waals surface area contributed by atoms with Crippen LogP contribution in [-0.4, -0.2) is 18.2 Å². The topological polar surface area (TPSA) is 75.8 Å². The molecule has 4 aromatic rings. The molecule has 2 heterocycles. The Morgan fingerprint density at radius 1 is 1.10 bits per heavy atom. The van der Waals surface area contributed by atoms with Crippen molar-refractivity contribution < 1.29 is 8.42 Å². The highest BCUT2D eigenvalue weighted by Crippen LogP contribution is 2.30. The molecule has 4 rings (SSSR count). The number of hydrogen-bond acceptors (Lipinski definition) is 5. The fourth-order valence-electron chi connectivity index (χ4n) is 3.15. The van der Waals surface area contributed by atoms with Gasteiger partial charge in [0.1, 0.15) is 16.7 Å². The summed E-state index contributed by atoms with van der Waals surface area (Å²) >= 11 is 1.51. The standard InChI is InChI=1S/C24H19N3O2S2/c1-18-9-11-21(12-10-18)31(28,29)22(15-25)14-20-17-27(16-19-6-3-2-4-7-19)26-24(20)23-8-5-13-30-23/h2-14,17H,16H2,1H3. The molecule has 0 bridgehead atoms. The van der Waals surface area contributed by atoms with Crippen molar-refractivity contribution in [2.45, 2.75) is 18.4 Å². The number of rotatable bonds is 6. The maximum Gasteiger partial charge on any atom is 0.216 e. The van der Waals surface area contributed by atoms with Gasteiger partial charge in [0, 0.05) is 11.8 Å². The second-order valence-corrected chi connectivity index (χ2v) is 9.90. The summed E-state index contributed by atoms with van der Waals surface area (Å²) in [4.78, 5) is 0.691. The molecule has 2 aromatic carbocycles. The predicted molar refractivity (Wildman–Crippen MR) is 123 cm³/mol. The molecule has 0 saturated carbocycles. The van der Waals surface area contributed by atoms with Crippen LogP contribution in [-0.2, 0) is 16.4 Å². The van der Waals surface area contributed by atoms with E-state index in [0.29, 0.717) is 17.8 Å². The van der Waals surface area contributed by atoms with E-state index in [4.69, 9.17) is 0 Å². The number of aryl methyl sites for hydroxylation is 1. The van der Waals surface area contributed by atoms with Crippen molar-refractivity contribution in [1.29, 1.82) is 5.26 Å². The van der Waals surface area contributed by atoms with Crippen LogP contribution in [0.4, 0.5) is 0 Å². The van der Waals surface area contributed by atoms with E-state index in [1.165, 1.54) is 29.5 Å². The zero-order chi connectivity index (χ0) is 21.8. The number of thiophene rings is 1. The van der Waals surface area contributed by atoms with Gasteiger partial charge in [0.05, 0.1) is 16.3 Å². The number of benzene rings is 2. The van der Waals surface area contributed by atoms with E-state index in [2.05, 4.69) is 5.10 Å². The zero-order valence-corrected chi connectivity index (χ0v) is 18.4. The second kappa shape index (κ2) is 8.72. The third-order valence-electron chi connectivity index (χ3n) is 4.75. The maximum absolute atomic E-state index is 13.1. The normalized spacial score (nSPS) is 11.9. The van der Waals surface area contributed by atoms with Crippen molar-refractivity contribution in [3.63, 3.8) is 0 Å². The van der Waals surface area contributed by atoms with Crippen LogP contribution in [0.3, 0.4) is 0 Å². The molecular weight excluding hydrogens is 426 g/mol. The first-order chi connectivity index (χ1) is 15.0. The van der Waals surface area contributed by atoms with Crippen molar-refractivity contribution in [3.05, 3.63) is 99.9 Å². The molecule has 7 heteroatoms. The second-order valence-electron chi connectivity index (χ2n) is 7.03. The van der Waals surface area contributed by atoms with Crippen molar-refractivity contribution >= 4 is 27.3 Å². The van der Waals surface area contributed by atoms with Gasteiger partial charge in [0.25, 0.3) is 0 Å². The molecular formula is C24H19N3O2S2. The van der Waals surface area contributed by atoms with E-state index >= 15 is 0 Å². The third-order valence-corrected chi connectivity index (χ3v) is 7.31. The molecule has 0 saturated heterocycles. The van der Waals surface area contributed by atoms with Crippen LogP contribution < -0.4 is 0 Å². The molecule has 0 aliphatic heterocycles. The molecule has 0 N–H and O–H groups in total. The minimum absolute atomic E-state index is 0.0975. The van der Waals surface area contributed by atoms with Crippen molar-refractivity contribution in [2.75, 3.05) is 0 Å². The van der Waals surface area contributed by atoms with Gasteiger partial charge in [-0.15, -0.1) is 11.3 Å². The minimum Gasteiger partial charge on any atom is -0.267 e. The summed E-state index contributed by atoms with van der Waals surface area (Å²) in [5, 5.41) is 16.3. The van der Waals surface area contributed by atoms with E-state index in [-0.39, 0.29) is 9.80 Å². The minimum atomic E-state index is -3.93. The van der Waals surface area contributed by atoms with Gasteiger partial charge in [-0.25, -0.2) is 8.42 Å². The molecule has 31 heavy (non-hydrogen) atoms. The lowest BCUT2D eigenvalue weighted by Gasteiger charge is -2.03. The Bertz CT molecular complexity index is 1360. The van der Waals surface area contributed by atoms with Gasteiger partial charge in [0.15, 0.2) is 0 Å². The van der Waals surface area contributed by atoms with Crippen LogP contribution in [0.1, 0.15) is 16.7 Å². The van der Waals surface area contributed by atoms with Gasteiger partial charge in [-0.05, 0) is 42.1 Å². The smallest absolute Gasteiger partial charge is 0.216 e. The number of aromatic nitrogens is 2. The van der Waals surface area contributed by atoms with Crippen molar-refractivity contribution in [1.82, 2.24) is 9.78 Å². The molecule has 154 valence electrons. The summed E-state index contributed by atoms with van der Waals surface area (Å²) in [5.41, 5.74) is 3.26. The number of sulfone groups is 1. The number of nitrogens with zero attached hydrogens (tertiary/aromatic N) is 3. The summed E-state index contributed by atoms with van der Waals surface area (Å²) in [6.45, 7) is 2.42. The Hall–Kier alpha value is -3.47. The first-order valence-electron chi connectivity index (χ1n) is 9.56. The Kier molecular flexibility index (Phi) is 5.85. The zero-order valence-electron chi connectivity index (χ0n) is 16.8. The molecule has 0 atom stereocenters. The van der Waals surface area contributed by atoms with Gasteiger partial charge in [-0.2, -0.15) is 10.4 Å². The third kappa shape index (κ3) is 4.50. The number of hydrogen-bond donors (Lipinski definition) is 0. The summed E-state index contributed by atoms with van der Waals surface area (Å²) in [7, 11) is -3.93. The molecule has 2 aromatic heterocycles. The fourth-order valence-corrected chi connectivity index (χ4v) is 5.04. The van der Waals surface area contributed by atoms with Crippen molar-refractivity contribution in [2.24, 2.45) is 0 Å². The van der Waals surface area contributed by atoms with E-state index in [1.54, 1.807) is 23.0 Å². The van der Waals surface area contributed by atoms with E-state index in [9.17, 15) is 13.7 Å². The molecule has 0 radical (unpaired) electrons. The van der Waals surface area contributed by atoms with Gasteiger partial charge < -0.3 is 0 Å². The van der Waals surface area contributed by atoms with Crippen LogP contribution in [0, 0.1) is 18.3 Å². The fraction of sp³-hybridized carbons (Fsp3) is 0.0833. The molecule has 0 unspecified atom stereocenters. The van der Waals surface area contributed by atoms with Crippen LogP contribution in [0.5, 0.6) is 0 Å². The maximum atomic E-state index is 13.1. The average Bonchev–Trinajstić information content (AvgIpc) is 3.43. The SMILES string of the molecule is Cc1ccc(S(=O)(=O)C(C#N)=Cc2cn(Cc3ccccc3)nc2-c2cccs2)cc1. The predicted octanol–water partition coefficient (Wildman–Crippen LogP) is 5.31. The lowest BCUT2D eigenvalue weighted by molar-refractivity contribution is 0.603. The molecule has 0 fully saturated rings. The summed E-state index contributed by atoms with van der Waals surface area (Å²) in [6.07, 6.45) is 3.20. The van der Waals surface area contributed by atoms with Crippen molar-refractivity contribution in [3.8, 4) is 16.6 Å². The van der Waals surface area contributed by atoms with Crippen LogP contribution in [0.15, 0.2) is 88.1 Å². The summed E-state index contributed by atoms with van der Waals surface area (Å²) in [5.74, 6) is 0. The molecule has 5 nitrogen and oxygen atoms in total. The average molecular weight is 446 g/mol. The molecule has 0 aliphatic carbocycles.